The number of para-hydroxylation sites is 3. The summed E-state index contributed by atoms with van der Waals surface area (Å²) >= 11 is 1.17. The fourth-order valence-corrected chi connectivity index (χ4v) is 3.62. The Morgan fingerprint density at radius 3 is 2.79 bits per heavy atom. The molecule has 148 valence electrons. The third kappa shape index (κ3) is 4.76. The first-order valence-corrected chi connectivity index (χ1v) is 10.1. The minimum Gasteiger partial charge on any atom is -0.492 e. The second-order valence-corrected chi connectivity index (χ2v) is 6.94. The van der Waals surface area contributed by atoms with Gasteiger partial charge >= 0.3 is 0 Å². The summed E-state index contributed by atoms with van der Waals surface area (Å²) in [6.07, 6.45) is 0.247. The summed E-state index contributed by atoms with van der Waals surface area (Å²) in [6, 6.07) is 16.3. The molecule has 0 spiro atoms. The molecule has 0 aliphatic rings. The van der Waals surface area contributed by atoms with E-state index in [1.807, 2.05) is 31.2 Å². The summed E-state index contributed by atoms with van der Waals surface area (Å²) in [5, 5.41) is 12.1. The molecule has 1 aromatic heterocycles. The summed E-state index contributed by atoms with van der Waals surface area (Å²) < 4.78 is 7.18. The normalized spacial score (nSPS) is 10.5. The fraction of sp³-hybridized carbons (Fsp3) is 0.238. The zero-order chi connectivity index (χ0) is 20.6. The van der Waals surface area contributed by atoms with Crippen molar-refractivity contribution in [2.45, 2.75) is 18.5 Å². The number of ether oxygens (including phenoxy) is 1. The lowest BCUT2D eigenvalue weighted by Crippen LogP contribution is -2.27. The maximum Gasteiger partial charge on any atom is 0.266 e. The Labute approximate surface area is 172 Å². The van der Waals surface area contributed by atoms with Gasteiger partial charge in [0, 0.05) is 6.54 Å². The Morgan fingerprint density at radius 1 is 1.24 bits per heavy atom. The van der Waals surface area contributed by atoms with Gasteiger partial charge in [-0.05, 0) is 31.2 Å². The van der Waals surface area contributed by atoms with Crippen LogP contribution in [0.25, 0.3) is 16.6 Å². The van der Waals surface area contributed by atoms with E-state index in [4.69, 9.17) is 10.00 Å². The van der Waals surface area contributed by atoms with E-state index in [2.05, 4.69) is 10.3 Å². The van der Waals surface area contributed by atoms with E-state index in [9.17, 15) is 9.59 Å². The van der Waals surface area contributed by atoms with Crippen LogP contribution in [-0.4, -0.2) is 34.4 Å². The maximum atomic E-state index is 13.3. The molecule has 1 amide bonds. The number of benzene rings is 2. The number of nitriles is 1. The molecular weight excluding hydrogens is 388 g/mol. The lowest BCUT2D eigenvalue weighted by molar-refractivity contribution is -0.118. The number of fused-ring (bicyclic) bond motifs is 1. The largest absolute Gasteiger partial charge is 0.492 e. The molecule has 2 aromatic carbocycles. The molecule has 7 nitrogen and oxygen atoms in total. The smallest absolute Gasteiger partial charge is 0.266 e. The van der Waals surface area contributed by atoms with Crippen molar-refractivity contribution in [1.82, 2.24) is 14.9 Å². The van der Waals surface area contributed by atoms with Crippen LogP contribution in [0.3, 0.4) is 0 Å². The Morgan fingerprint density at radius 2 is 2.00 bits per heavy atom. The van der Waals surface area contributed by atoms with Gasteiger partial charge in [-0.2, -0.15) is 5.26 Å². The summed E-state index contributed by atoms with van der Waals surface area (Å²) in [5.74, 6) is 0.416. The van der Waals surface area contributed by atoms with Gasteiger partial charge in [0.15, 0.2) is 5.16 Å². The highest BCUT2D eigenvalue weighted by molar-refractivity contribution is 7.99. The molecular formula is C21H20N4O3S. The lowest BCUT2D eigenvalue weighted by Gasteiger charge is -2.16. The highest BCUT2D eigenvalue weighted by atomic mass is 32.2. The zero-order valence-corrected chi connectivity index (χ0v) is 16.7. The summed E-state index contributed by atoms with van der Waals surface area (Å²) in [4.78, 5) is 30.0. The summed E-state index contributed by atoms with van der Waals surface area (Å²) in [5.41, 5.74) is 0.912. The SMILES string of the molecule is CCOc1ccccc1-n1c(SCC(=O)NCCC#N)nc2ccccc2c1=O. The first-order valence-electron chi connectivity index (χ1n) is 9.16. The lowest BCUT2D eigenvalue weighted by atomic mass is 10.2. The molecule has 0 unspecified atom stereocenters. The molecule has 3 rings (SSSR count). The average molecular weight is 408 g/mol. The monoisotopic (exact) mass is 408 g/mol. The molecule has 29 heavy (non-hydrogen) atoms. The molecule has 1 N–H and O–H groups in total. The Balaban J connectivity index is 2.04. The quantitative estimate of drug-likeness (QED) is 0.350. The topological polar surface area (TPSA) is 97.0 Å². The van der Waals surface area contributed by atoms with Gasteiger partial charge in [0.25, 0.3) is 5.56 Å². The van der Waals surface area contributed by atoms with Gasteiger partial charge in [-0.25, -0.2) is 4.98 Å². The van der Waals surface area contributed by atoms with Crippen LogP contribution in [0.5, 0.6) is 5.75 Å². The Kier molecular flexibility index (Phi) is 6.87. The number of aromatic nitrogens is 2. The minimum absolute atomic E-state index is 0.0764. The Hall–Kier alpha value is -3.31. The van der Waals surface area contributed by atoms with E-state index in [1.54, 1.807) is 30.3 Å². The van der Waals surface area contributed by atoms with E-state index in [1.165, 1.54) is 16.3 Å². The standard InChI is InChI=1S/C21H20N4O3S/c1-2-28-18-11-6-5-10-17(18)25-20(27)15-8-3-4-9-16(15)24-21(25)29-14-19(26)23-13-7-12-22/h3-6,8-11H,2,7,13-14H2,1H3,(H,23,26). The summed E-state index contributed by atoms with van der Waals surface area (Å²) in [7, 11) is 0. The van der Waals surface area contributed by atoms with E-state index >= 15 is 0 Å². The van der Waals surface area contributed by atoms with Crippen molar-refractivity contribution < 1.29 is 9.53 Å². The first-order chi connectivity index (χ1) is 14.2. The molecule has 0 atom stereocenters. The van der Waals surface area contributed by atoms with Crippen molar-refractivity contribution in [3.05, 3.63) is 58.9 Å². The van der Waals surface area contributed by atoms with E-state index in [0.29, 0.717) is 40.6 Å². The number of nitrogens with one attached hydrogen (secondary N) is 1. The van der Waals surface area contributed by atoms with Crippen LogP contribution in [-0.2, 0) is 4.79 Å². The van der Waals surface area contributed by atoms with Crippen molar-refractivity contribution in [2.24, 2.45) is 0 Å². The summed E-state index contributed by atoms with van der Waals surface area (Å²) in [6.45, 7) is 2.62. The van der Waals surface area contributed by atoms with Crippen LogP contribution in [0.4, 0.5) is 0 Å². The molecule has 0 aliphatic heterocycles. The molecule has 0 bridgehead atoms. The molecule has 0 radical (unpaired) electrons. The van der Waals surface area contributed by atoms with Crippen molar-refractivity contribution in [3.63, 3.8) is 0 Å². The Bertz CT molecular complexity index is 1120. The number of hydrogen-bond acceptors (Lipinski definition) is 6. The molecule has 0 aliphatic carbocycles. The van der Waals surface area contributed by atoms with E-state index in [0.717, 1.165) is 0 Å². The van der Waals surface area contributed by atoms with Crippen molar-refractivity contribution in [3.8, 4) is 17.5 Å². The second kappa shape index (κ2) is 9.75. The van der Waals surface area contributed by atoms with Gasteiger partial charge in [0.05, 0.1) is 41.4 Å². The third-order valence-corrected chi connectivity index (χ3v) is 4.98. The van der Waals surface area contributed by atoms with Crippen molar-refractivity contribution >= 4 is 28.6 Å². The second-order valence-electron chi connectivity index (χ2n) is 6.00. The molecule has 8 heteroatoms. The van der Waals surface area contributed by atoms with Crippen LogP contribution in [0, 0.1) is 11.3 Å². The fourth-order valence-electron chi connectivity index (χ4n) is 2.78. The van der Waals surface area contributed by atoms with Crippen LogP contribution in [0.15, 0.2) is 58.5 Å². The van der Waals surface area contributed by atoms with Gasteiger partial charge in [0.2, 0.25) is 5.91 Å². The highest BCUT2D eigenvalue weighted by Gasteiger charge is 2.17. The predicted octanol–water partition coefficient (Wildman–Crippen LogP) is 2.91. The number of carbonyl (C=O) groups excluding carboxylic acids is 1. The first kappa shape index (κ1) is 20.4. The molecule has 0 fully saturated rings. The maximum absolute atomic E-state index is 13.3. The number of carbonyl (C=O) groups is 1. The van der Waals surface area contributed by atoms with E-state index < -0.39 is 0 Å². The van der Waals surface area contributed by atoms with Gasteiger partial charge < -0.3 is 10.1 Å². The third-order valence-electron chi connectivity index (χ3n) is 4.04. The molecule has 0 saturated carbocycles. The van der Waals surface area contributed by atoms with Gasteiger partial charge in [-0.3, -0.25) is 14.2 Å². The number of hydrogen-bond donors (Lipinski definition) is 1. The van der Waals surface area contributed by atoms with Gasteiger partial charge in [-0.1, -0.05) is 36.0 Å². The van der Waals surface area contributed by atoms with E-state index in [-0.39, 0.29) is 23.6 Å². The van der Waals surface area contributed by atoms with Crippen LogP contribution in [0.1, 0.15) is 13.3 Å². The highest BCUT2D eigenvalue weighted by Crippen LogP contribution is 2.27. The number of rotatable bonds is 8. The number of amides is 1. The minimum atomic E-state index is -0.227. The average Bonchev–Trinajstić information content (AvgIpc) is 2.73. The predicted molar refractivity (Wildman–Crippen MR) is 112 cm³/mol. The molecule has 3 aromatic rings. The zero-order valence-electron chi connectivity index (χ0n) is 15.9. The van der Waals surface area contributed by atoms with Crippen LogP contribution >= 0.6 is 11.8 Å². The van der Waals surface area contributed by atoms with Gasteiger partial charge in [0.1, 0.15) is 5.75 Å². The van der Waals surface area contributed by atoms with Crippen molar-refractivity contribution in [2.75, 3.05) is 18.9 Å². The van der Waals surface area contributed by atoms with Gasteiger partial charge in [-0.15, -0.1) is 0 Å². The molecule has 0 saturated heterocycles. The number of thioether (sulfide) groups is 1. The van der Waals surface area contributed by atoms with Crippen molar-refractivity contribution in [1.29, 1.82) is 5.26 Å². The number of nitrogens with zero attached hydrogens (tertiary/aromatic N) is 3. The van der Waals surface area contributed by atoms with Crippen LogP contribution in [0.2, 0.25) is 0 Å². The van der Waals surface area contributed by atoms with Crippen LogP contribution < -0.4 is 15.6 Å². The molecule has 1 heterocycles.